The molecule has 0 aliphatic carbocycles. The quantitative estimate of drug-likeness (QED) is 0.915. The van der Waals surface area contributed by atoms with Gasteiger partial charge in [0.25, 0.3) is 5.91 Å². The highest BCUT2D eigenvalue weighted by Gasteiger charge is 2.36. The predicted octanol–water partition coefficient (Wildman–Crippen LogP) is 2.07. The number of amides is 1. The Morgan fingerprint density at radius 1 is 1.04 bits per heavy atom. The maximum absolute atomic E-state index is 13.0. The highest BCUT2D eigenvalue weighted by molar-refractivity contribution is 6.00. The Labute approximate surface area is 138 Å². The van der Waals surface area contributed by atoms with Crippen molar-refractivity contribution in [2.75, 3.05) is 6.79 Å². The van der Waals surface area contributed by atoms with Gasteiger partial charge in [-0.05, 0) is 23.3 Å². The molecule has 6 heteroatoms. The standard InChI is InChI=1S/C18H15NO5/c20-17(13-6-3-7-15-16(13)24-10-23-15)19-9-12-5-2-1-4-11(12)8-14(19)18(21)22/h1-7,14H,8-10H2,(H,21,22). The summed E-state index contributed by atoms with van der Waals surface area (Å²) in [6, 6.07) is 11.8. The van der Waals surface area contributed by atoms with Crippen LogP contribution in [-0.2, 0) is 17.8 Å². The van der Waals surface area contributed by atoms with Crippen molar-refractivity contribution in [2.24, 2.45) is 0 Å². The van der Waals surface area contributed by atoms with Crippen molar-refractivity contribution in [3.63, 3.8) is 0 Å². The molecule has 0 radical (unpaired) electrons. The summed E-state index contributed by atoms with van der Waals surface area (Å²) in [7, 11) is 0. The average molecular weight is 325 g/mol. The first-order chi connectivity index (χ1) is 11.6. The van der Waals surface area contributed by atoms with E-state index < -0.39 is 12.0 Å². The van der Waals surface area contributed by atoms with Gasteiger partial charge in [-0.15, -0.1) is 0 Å². The van der Waals surface area contributed by atoms with Crippen LogP contribution in [0.2, 0.25) is 0 Å². The van der Waals surface area contributed by atoms with Crippen LogP contribution in [0.4, 0.5) is 0 Å². The minimum atomic E-state index is -1.01. The topological polar surface area (TPSA) is 76.1 Å². The fraction of sp³-hybridized carbons (Fsp3) is 0.222. The summed E-state index contributed by atoms with van der Waals surface area (Å²) in [5.41, 5.74) is 2.26. The number of hydrogen-bond donors (Lipinski definition) is 1. The maximum atomic E-state index is 13.0. The van der Waals surface area contributed by atoms with Crippen molar-refractivity contribution in [3.05, 3.63) is 59.2 Å². The summed E-state index contributed by atoms with van der Waals surface area (Å²) in [5.74, 6) is -0.488. The van der Waals surface area contributed by atoms with E-state index in [1.165, 1.54) is 4.90 Å². The molecule has 2 aliphatic rings. The molecule has 0 spiro atoms. The lowest BCUT2D eigenvalue weighted by Crippen LogP contribution is -2.48. The summed E-state index contributed by atoms with van der Waals surface area (Å²) in [4.78, 5) is 26.1. The van der Waals surface area contributed by atoms with Crippen LogP contribution in [0.15, 0.2) is 42.5 Å². The van der Waals surface area contributed by atoms with Crippen LogP contribution in [0, 0.1) is 0 Å². The second-order valence-corrected chi connectivity index (χ2v) is 5.80. The molecule has 0 bridgehead atoms. The van der Waals surface area contributed by atoms with Gasteiger partial charge in [-0.2, -0.15) is 0 Å². The number of hydrogen-bond acceptors (Lipinski definition) is 4. The van der Waals surface area contributed by atoms with Gasteiger partial charge in [0.05, 0.1) is 5.56 Å². The number of carboxylic acids is 1. The van der Waals surface area contributed by atoms with Crippen molar-refractivity contribution in [1.29, 1.82) is 0 Å². The monoisotopic (exact) mass is 325 g/mol. The minimum Gasteiger partial charge on any atom is -0.480 e. The second-order valence-electron chi connectivity index (χ2n) is 5.80. The van der Waals surface area contributed by atoms with Crippen molar-refractivity contribution in [2.45, 2.75) is 19.0 Å². The Hall–Kier alpha value is -3.02. The summed E-state index contributed by atoms with van der Waals surface area (Å²) in [5, 5.41) is 9.57. The molecule has 2 aliphatic heterocycles. The van der Waals surface area contributed by atoms with Gasteiger partial charge in [-0.1, -0.05) is 30.3 Å². The molecule has 0 aromatic heterocycles. The molecule has 2 aromatic carbocycles. The van der Waals surface area contributed by atoms with Crippen molar-refractivity contribution in [1.82, 2.24) is 4.90 Å². The molecule has 1 unspecified atom stereocenters. The third-order valence-corrected chi connectivity index (χ3v) is 4.42. The van der Waals surface area contributed by atoms with Crippen LogP contribution >= 0.6 is 0 Å². The second kappa shape index (κ2) is 5.56. The zero-order valence-corrected chi connectivity index (χ0v) is 12.8. The molecule has 0 saturated heterocycles. The van der Waals surface area contributed by atoms with Crippen LogP contribution in [-0.4, -0.2) is 34.7 Å². The SMILES string of the molecule is O=C(O)C1Cc2ccccc2CN1C(=O)c1cccc2c1OCO2. The number of benzene rings is 2. The largest absolute Gasteiger partial charge is 0.480 e. The molecule has 24 heavy (non-hydrogen) atoms. The third kappa shape index (κ3) is 2.27. The van der Waals surface area contributed by atoms with Gasteiger partial charge in [-0.3, -0.25) is 4.79 Å². The summed E-state index contributed by atoms with van der Waals surface area (Å²) < 4.78 is 10.7. The van der Waals surface area contributed by atoms with Gasteiger partial charge < -0.3 is 19.5 Å². The van der Waals surface area contributed by atoms with E-state index in [2.05, 4.69) is 0 Å². The number of nitrogens with zero attached hydrogens (tertiary/aromatic N) is 1. The number of aliphatic carboxylic acids is 1. The van der Waals surface area contributed by atoms with Gasteiger partial charge in [0.2, 0.25) is 6.79 Å². The summed E-state index contributed by atoms with van der Waals surface area (Å²) >= 11 is 0. The molecule has 4 rings (SSSR count). The Bertz CT molecular complexity index is 832. The number of rotatable bonds is 2. The predicted molar refractivity (Wildman–Crippen MR) is 84.0 cm³/mol. The fourth-order valence-electron chi connectivity index (χ4n) is 3.21. The molecule has 0 fully saturated rings. The Morgan fingerprint density at radius 2 is 1.83 bits per heavy atom. The highest BCUT2D eigenvalue weighted by Crippen LogP contribution is 2.37. The number of ether oxygens (including phenoxy) is 2. The third-order valence-electron chi connectivity index (χ3n) is 4.42. The molecular formula is C18H15NO5. The number of fused-ring (bicyclic) bond motifs is 2. The number of carbonyl (C=O) groups excluding carboxylic acids is 1. The molecular weight excluding hydrogens is 310 g/mol. The van der Waals surface area contributed by atoms with E-state index in [-0.39, 0.29) is 19.2 Å². The van der Waals surface area contributed by atoms with Gasteiger partial charge in [0.1, 0.15) is 6.04 Å². The van der Waals surface area contributed by atoms with Crippen molar-refractivity contribution < 1.29 is 24.2 Å². The number of carboxylic acid groups (broad SMARTS) is 1. The first-order valence-electron chi connectivity index (χ1n) is 7.64. The average Bonchev–Trinajstić information content (AvgIpc) is 3.08. The van der Waals surface area contributed by atoms with Crippen LogP contribution < -0.4 is 9.47 Å². The Balaban J connectivity index is 1.73. The first-order valence-corrected chi connectivity index (χ1v) is 7.64. The normalized spacial score (nSPS) is 18.2. The van der Waals surface area contributed by atoms with E-state index in [0.29, 0.717) is 23.5 Å². The van der Waals surface area contributed by atoms with Gasteiger partial charge >= 0.3 is 5.97 Å². The minimum absolute atomic E-state index is 0.0603. The van der Waals surface area contributed by atoms with E-state index in [4.69, 9.17) is 9.47 Å². The van der Waals surface area contributed by atoms with E-state index in [9.17, 15) is 14.7 Å². The van der Waals surface area contributed by atoms with Crippen molar-refractivity contribution >= 4 is 11.9 Å². The summed E-state index contributed by atoms with van der Waals surface area (Å²) in [6.07, 6.45) is 0.295. The fourth-order valence-corrected chi connectivity index (χ4v) is 3.21. The van der Waals surface area contributed by atoms with E-state index in [1.54, 1.807) is 18.2 Å². The molecule has 122 valence electrons. The van der Waals surface area contributed by atoms with Gasteiger partial charge in [-0.25, -0.2) is 4.79 Å². The Kier molecular flexibility index (Phi) is 3.37. The lowest BCUT2D eigenvalue weighted by molar-refractivity contribution is -0.142. The molecule has 2 heterocycles. The van der Waals surface area contributed by atoms with E-state index >= 15 is 0 Å². The van der Waals surface area contributed by atoms with Crippen LogP contribution in [0.1, 0.15) is 21.5 Å². The smallest absolute Gasteiger partial charge is 0.326 e. The number of para-hydroxylation sites is 1. The zero-order valence-electron chi connectivity index (χ0n) is 12.8. The molecule has 6 nitrogen and oxygen atoms in total. The molecule has 1 N–H and O–H groups in total. The molecule has 1 atom stereocenters. The van der Waals surface area contributed by atoms with Crippen LogP contribution in [0.25, 0.3) is 0 Å². The van der Waals surface area contributed by atoms with Crippen LogP contribution in [0.5, 0.6) is 11.5 Å². The molecule has 0 saturated carbocycles. The zero-order chi connectivity index (χ0) is 16.7. The lowest BCUT2D eigenvalue weighted by atomic mass is 9.93. The highest BCUT2D eigenvalue weighted by atomic mass is 16.7. The molecule has 2 aromatic rings. The maximum Gasteiger partial charge on any atom is 0.326 e. The molecule has 1 amide bonds. The lowest BCUT2D eigenvalue weighted by Gasteiger charge is -2.34. The van der Waals surface area contributed by atoms with E-state index in [0.717, 1.165) is 11.1 Å². The number of carbonyl (C=O) groups is 2. The summed E-state index contributed by atoms with van der Waals surface area (Å²) in [6.45, 7) is 0.321. The van der Waals surface area contributed by atoms with Crippen molar-refractivity contribution in [3.8, 4) is 11.5 Å². The van der Waals surface area contributed by atoms with E-state index in [1.807, 2.05) is 24.3 Å². The van der Waals surface area contributed by atoms with Crippen LogP contribution in [0.3, 0.4) is 0 Å². The van der Waals surface area contributed by atoms with Gasteiger partial charge in [0, 0.05) is 13.0 Å². The van der Waals surface area contributed by atoms with Gasteiger partial charge in [0.15, 0.2) is 11.5 Å². The Morgan fingerprint density at radius 3 is 2.62 bits per heavy atom. The first kappa shape index (κ1) is 14.6.